The van der Waals surface area contributed by atoms with E-state index in [1.807, 2.05) is 6.07 Å². The topological polar surface area (TPSA) is 100 Å². The number of esters is 1. The van der Waals surface area contributed by atoms with E-state index in [4.69, 9.17) is 9.47 Å². The average Bonchev–Trinajstić information content (AvgIpc) is 3.34. The number of carbonyl (C=O) groups excluding carboxylic acids is 3. The van der Waals surface area contributed by atoms with Crippen molar-refractivity contribution in [1.29, 1.82) is 0 Å². The van der Waals surface area contributed by atoms with Gasteiger partial charge in [0.1, 0.15) is 6.04 Å². The second-order valence-corrected chi connectivity index (χ2v) is 10.5. The van der Waals surface area contributed by atoms with E-state index in [9.17, 15) is 23.2 Å². The van der Waals surface area contributed by atoms with Gasteiger partial charge in [-0.1, -0.05) is 37.3 Å². The van der Waals surface area contributed by atoms with Gasteiger partial charge in [0.25, 0.3) is 0 Å². The van der Waals surface area contributed by atoms with Crippen LogP contribution in [0.5, 0.6) is 0 Å². The van der Waals surface area contributed by atoms with Gasteiger partial charge >= 0.3 is 18.0 Å². The molecule has 9 nitrogen and oxygen atoms in total. The van der Waals surface area contributed by atoms with Crippen LogP contribution in [0.3, 0.4) is 0 Å². The fourth-order valence-electron chi connectivity index (χ4n) is 6.02. The maximum Gasteiger partial charge on any atom is 0.338 e. The molecule has 1 atom stereocenters. The number of hydrogen-bond donors (Lipinski definition) is 2. The van der Waals surface area contributed by atoms with Crippen LogP contribution < -0.4 is 10.6 Å². The van der Waals surface area contributed by atoms with Crippen molar-refractivity contribution in [2.24, 2.45) is 0 Å². The molecule has 1 saturated heterocycles. The summed E-state index contributed by atoms with van der Waals surface area (Å²) in [5, 5.41) is 5.33. The molecule has 1 fully saturated rings. The van der Waals surface area contributed by atoms with Crippen molar-refractivity contribution in [3.63, 3.8) is 0 Å². The number of imide groups is 1. The number of hydrogen-bond acceptors (Lipinski definition) is 6. The normalized spacial score (nSPS) is 20.1. The maximum atomic E-state index is 14.2. The SMILES string of the molecule is CCC1=C(C(=O)OC)C(c2ccc(F)c(F)c2)N(C(=O)NCCCN2CCC3(CC2)OCc2ccccc23)C(=O)N1. The van der Waals surface area contributed by atoms with Crippen LogP contribution in [0.2, 0.25) is 0 Å². The van der Waals surface area contributed by atoms with E-state index in [0.717, 1.165) is 49.5 Å². The number of allylic oxidation sites excluding steroid dienone is 1. The Hall–Kier alpha value is -3.83. The molecule has 5 rings (SSSR count). The molecule has 0 radical (unpaired) electrons. The number of carbonyl (C=O) groups is 3. The number of ether oxygens (including phenoxy) is 2. The number of amides is 4. The molecule has 0 bridgehead atoms. The van der Waals surface area contributed by atoms with Crippen LogP contribution in [-0.2, 0) is 26.5 Å². The van der Waals surface area contributed by atoms with Crippen LogP contribution in [0.15, 0.2) is 53.7 Å². The van der Waals surface area contributed by atoms with Crippen molar-refractivity contribution >= 4 is 18.0 Å². The predicted octanol–water partition coefficient (Wildman–Crippen LogP) is 4.49. The van der Waals surface area contributed by atoms with Crippen LogP contribution in [0.4, 0.5) is 18.4 Å². The van der Waals surface area contributed by atoms with Crippen LogP contribution in [0.1, 0.15) is 55.3 Å². The summed E-state index contributed by atoms with van der Waals surface area (Å²) in [6.07, 6.45) is 2.66. The van der Waals surface area contributed by atoms with Gasteiger partial charge in [-0.15, -0.1) is 0 Å². The molecule has 218 valence electrons. The Balaban J connectivity index is 1.23. The van der Waals surface area contributed by atoms with E-state index >= 15 is 0 Å². The Bertz CT molecular complexity index is 1370. The fourth-order valence-corrected chi connectivity index (χ4v) is 6.02. The molecule has 4 amide bonds. The maximum absolute atomic E-state index is 14.2. The lowest BCUT2D eigenvalue weighted by molar-refractivity contribution is -0.136. The van der Waals surface area contributed by atoms with Crippen molar-refractivity contribution in [2.45, 2.75) is 50.9 Å². The van der Waals surface area contributed by atoms with Crippen LogP contribution in [0, 0.1) is 11.6 Å². The Kier molecular flexibility index (Phi) is 8.37. The molecule has 11 heteroatoms. The number of piperidine rings is 1. The van der Waals surface area contributed by atoms with E-state index in [2.05, 4.69) is 33.7 Å². The minimum Gasteiger partial charge on any atom is -0.466 e. The van der Waals surface area contributed by atoms with E-state index in [1.54, 1.807) is 6.92 Å². The first kappa shape index (κ1) is 28.7. The van der Waals surface area contributed by atoms with Crippen LogP contribution in [-0.4, -0.2) is 61.1 Å². The highest BCUT2D eigenvalue weighted by molar-refractivity contribution is 6.01. The van der Waals surface area contributed by atoms with Gasteiger partial charge in [-0.2, -0.15) is 0 Å². The number of likely N-dealkylation sites (tertiary alicyclic amines) is 1. The average molecular weight is 569 g/mol. The van der Waals surface area contributed by atoms with Crippen LogP contribution in [0.25, 0.3) is 0 Å². The van der Waals surface area contributed by atoms with Gasteiger partial charge in [0.05, 0.1) is 24.9 Å². The van der Waals surface area contributed by atoms with Crippen molar-refractivity contribution in [3.8, 4) is 0 Å². The fraction of sp³-hybridized carbons (Fsp3) is 0.433. The molecule has 1 spiro atoms. The third-order valence-electron chi connectivity index (χ3n) is 8.17. The number of methoxy groups -OCH3 is 1. The van der Waals surface area contributed by atoms with Gasteiger partial charge in [0.2, 0.25) is 0 Å². The second-order valence-electron chi connectivity index (χ2n) is 10.5. The van der Waals surface area contributed by atoms with E-state index in [-0.39, 0.29) is 35.4 Å². The Labute approximate surface area is 237 Å². The lowest BCUT2D eigenvalue weighted by Gasteiger charge is -2.39. The van der Waals surface area contributed by atoms with Crippen molar-refractivity contribution in [3.05, 3.63) is 82.1 Å². The molecule has 0 aliphatic carbocycles. The monoisotopic (exact) mass is 568 g/mol. The highest BCUT2D eigenvalue weighted by atomic mass is 19.2. The van der Waals surface area contributed by atoms with Gasteiger partial charge in [0, 0.05) is 25.3 Å². The number of urea groups is 2. The molecule has 41 heavy (non-hydrogen) atoms. The van der Waals surface area contributed by atoms with E-state index in [1.165, 1.54) is 24.3 Å². The van der Waals surface area contributed by atoms with Crippen molar-refractivity contribution < 1.29 is 32.6 Å². The smallest absolute Gasteiger partial charge is 0.338 e. The molecule has 2 N–H and O–H groups in total. The number of benzene rings is 2. The molecular weight excluding hydrogens is 534 g/mol. The Morgan fingerprint density at radius 1 is 1.15 bits per heavy atom. The van der Waals surface area contributed by atoms with Crippen LogP contribution >= 0.6 is 0 Å². The molecule has 3 aliphatic heterocycles. The Morgan fingerprint density at radius 3 is 2.61 bits per heavy atom. The molecule has 0 saturated carbocycles. The number of nitrogens with one attached hydrogen (secondary N) is 2. The zero-order valence-corrected chi connectivity index (χ0v) is 23.2. The highest BCUT2D eigenvalue weighted by Crippen LogP contribution is 2.44. The molecular formula is C30H34F2N4O5. The first-order valence-corrected chi connectivity index (χ1v) is 13.9. The third kappa shape index (κ3) is 5.56. The van der Waals surface area contributed by atoms with Gasteiger partial charge in [-0.3, -0.25) is 0 Å². The number of halogens is 2. The number of rotatable bonds is 7. The third-order valence-corrected chi connectivity index (χ3v) is 8.17. The standard InChI is InChI=1S/C30H34F2N4O5/c1-3-24-25(27(37)40-2)26(19-9-10-22(31)23(32)17-19)36(29(39)34-24)28(38)33-13-6-14-35-15-11-30(12-16-35)21-8-5-4-7-20(21)18-41-30/h4-5,7-10,17,26H,3,6,11-16,18H2,1-2H3,(H,33,38)(H,34,39). The van der Waals surface area contributed by atoms with Gasteiger partial charge < -0.3 is 25.0 Å². The van der Waals surface area contributed by atoms with Gasteiger partial charge in [-0.05, 0) is 61.1 Å². The predicted molar refractivity (Wildman–Crippen MR) is 145 cm³/mol. The summed E-state index contributed by atoms with van der Waals surface area (Å²) in [7, 11) is 1.17. The van der Waals surface area contributed by atoms with E-state index < -0.39 is 35.7 Å². The quantitative estimate of drug-likeness (QED) is 0.377. The summed E-state index contributed by atoms with van der Waals surface area (Å²) in [5.41, 5.74) is 2.61. The molecule has 0 aromatic heterocycles. The zero-order valence-electron chi connectivity index (χ0n) is 23.2. The second kappa shape index (κ2) is 12.0. The highest BCUT2D eigenvalue weighted by Gasteiger charge is 2.44. The lowest BCUT2D eigenvalue weighted by atomic mass is 9.84. The first-order valence-electron chi connectivity index (χ1n) is 13.9. The summed E-state index contributed by atoms with van der Waals surface area (Å²) < 4.78 is 39.1. The molecule has 3 heterocycles. The molecule has 3 aliphatic rings. The van der Waals surface area contributed by atoms with Gasteiger partial charge in [0.15, 0.2) is 11.6 Å². The largest absolute Gasteiger partial charge is 0.466 e. The van der Waals surface area contributed by atoms with E-state index in [0.29, 0.717) is 13.0 Å². The van der Waals surface area contributed by atoms with Crippen molar-refractivity contribution in [2.75, 3.05) is 33.3 Å². The summed E-state index contributed by atoms with van der Waals surface area (Å²) >= 11 is 0. The van der Waals surface area contributed by atoms with Crippen molar-refractivity contribution in [1.82, 2.24) is 20.4 Å². The summed E-state index contributed by atoms with van der Waals surface area (Å²) in [4.78, 5) is 42.3. The first-order chi connectivity index (χ1) is 19.8. The van der Waals surface area contributed by atoms with Gasteiger partial charge in [-0.25, -0.2) is 28.1 Å². The lowest BCUT2D eigenvalue weighted by Crippen LogP contribution is -2.54. The summed E-state index contributed by atoms with van der Waals surface area (Å²) in [6, 6.07) is 8.54. The summed E-state index contributed by atoms with van der Waals surface area (Å²) in [6.45, 7) is 5.10. The zero-order chi connectivity index (χ0) is 29.1. The molecule has 2 aromatic carbocycles. The minimum absolute atomic E-state index is 0.0197. The summed E-state index contributed by atoms with van der Waals surface area (Å²) in [5.74, 6) is -3.03. The molecule has 1 unspecified atom stereocenters. The molecule has 2 aromatic rings. The number of fused-ring (bicyclic) bond motifs is 2. The Morgan fingerprint density at radius 2 is 1.90 bits per heavy atom. The minimum atomic E-state index is -1.30. The number of nitrogens with zero attached hydrogens (tertiary/aromatic N) is 2.